The summed E-state index contributed by atoms with van der Waals surface area (Å²) in [7, 11) is 1.39. The van der Waals surface area contributed by atoms with Crippen LogP contribution in [-0.2, 0) is 14.3 Å². The number of carbonyl (C=O) groups excluding carboxylic acids is 2. The van der Waals surface area contributed by atoms with Crippen molar-refractivity contribution in [3.05, 3.63) is 33.2 Å². The molecule has 24 heavy (non-hydrogen) atoms. The molecule has 128 valence electrons. The Morgan fingerprint density at radius 1 is 1.29 bits per heavy atom. The van der Waals surface area contributed by atoms with Crippen molar-refractivity contribution >= 4 is 28.8 Å². The second kappa shape index (κ2) is 5.96. The van der Waals surface area contributed by atoms with Crippen LogP contribution in [0.25, 0.3) is 0 Å². The fraction of sp³-hybridized carbons (Fsp3) is 0.526. The van der Waals surface area contributed by atoms with Crippen molar-refractivity contribution < 1.29 is 14.3 Å². The van der Waals surface area contributed by atoms with Gasteiger partial charge in [-0.2, -0.15) is 0 Å². The van der Waals surface area contributed by atoms with Crippen molar-refractivity contribution in [3.8, 4) is 0 Å². The number of carbonyl (C=O) groups is 2. The van der Waals surface area contributed by atoms with Crippen molar-refractivity contribution in [1.82, 2.24) is 0 Å². The molecule has 1 aromatic rings. The molecule has 0 N–H and O–H groups in total. The molecule has 1 aromatic heterocycles. The minimum absolute atomic E-state index is 0.0896. The molecule has 4 nitrogen and oxygen atoms in total. The molecule has 0 spiro atoms. The van der Waals surface area contributed by atoms with E-state index in [1.54, 1.807) is 11.3 Å². The zero-order valence-corrected chi connectivity index (χ0v) is 15.6. The smallest absolute Gasteiger partial charge is 0.315 e. The van der Waals surface area contributed by atoms with Crippen LogP contribution in [0, 0.1) is 18.3 Å². The third kappa shape index (κ3) is 2.86. The summed E-state index contributed by atoms with van der Waals surface area (Å²) in [6.07, 6.45) is 1.26. The molecule has 2 aliphatic rings. The molecule has 0 saturated heterocycles. The maximum Gasteiger partial charge on any atom is 0.315 e. The van der Waals surface area contributed by atoms with Crippen molar-refractivity contribution in [2.45, 2.75) is 46.5 Å². The minimum Gasteiger partial charge on any atom is -0.468 e. The summed E-state index contributed by atoms with van der Waals surface area (Å²) < 4.78 is 5.03. The van der Waals surface area contributed by atoms with Crippen LogP contribution in [-0.4, -0.2) is 24.6 Å². The first-order valence-electron chi connectivity index (χ1n) is 8.19. The van der Waals surface area contributed by atoms with Crippen LogP contribution in [0.3, 0.4) is 0 Å². The van der Waals surface area contributed by atoms with Gasteiger partial charge in [-0.25, -0.2) is 0 Å². The van der Waals surface area contributed by atoms with E-state index < -0.39 is 5.92 Å². The zero-order valence-electron chi connectivity index (χ0n) is 14.8. The van der Waals surface area contributed by atoms with E-state index in [2.05, 4.69) is 18.8 Å². The molecule has 0 saturated carbocycles. The van der Waals surface area contributed by atoms with Gasteiger partial charge in [0.05, 0.1) is 7.11 Å². The van der Waals surface area contributed by atoms with E-state index in [9.17, 15) is 9.59 Å². The van der Waals surface area contributed by atoms with Gasteiger partial charge in [0.15, 0.2) is 5.78 Å². The highest BCUT2D eigenvalue weighted by molar-refractivity contribution is 7.12. The molecule has 3 rings (SSSR count). The average Bonchev–Trinajstić information content (AvgIpc) is 2.90. The number of hydrogen-bond acceptors (Lipinski definition) is 5. The molecular weight excluding hydrogens is 322 g/mol. The van der Waals surface area contributed by atoms with E-state index in [-0.39, 0.29) is 23.1 Å². The average molecular weight is 345 g/mol. The Morgan fingerprint density at radius 3 is 2.58 bits per heavy atom. The van der Waals surface area contributed by atoms with Gasteiger partial charge in [0.2, 0.25) is 0 Å². The Labute approximate surface area is 146 Å². The quantitative estimate of drug-likeness (QED) is 0.760. The number of esters is 1. The SMILES string of the molecule is COC(=O)C1C(C)=NC2=C(C(=O)CC(C)(C)C2)C1c1ccc(C)s1. The fourth-order valence-corrected chi connectivity index (χ4v) is 4.83. The van der Waals surface area contributed by atoms with Gasteiger partial charge in [0, 0.05) is 39.1 Å². The van der Waals surface area contributed by atoms with Crippen molar-refractivity contribution in [3.63, 3.8) is 0 Å². The number of aliphatic imine (C=N–C) groups is 1. The lowest BCUT2D eigenvalue weighted by molar-refractivity contribution is -0.143. The largest absolute Gasteiger partial charge is 0.468 e. The highest BCUT2D eigenvalue weighted by atomic mass is 32.1. The highest BCUT2D eigenvalue weighted by Crippen LogP contribution is 2.48. The van der Waals surface area contributed by atoms with Crippen LogP contribution in [0.15, 0.2) is 28.4 Å². The topological polar surface area (TPSA) is 55.7 Å². The standard InChI is InChI=1S/C19H23NO3S/c1-10-6-7-14(24-10)17-15(18(22)23-5)11(2)20-12-8-19(3,4)9-13(21)16(12)17/h6-7,15,17H,8-9H2,1-5H3. The van der Waals surface area contributed by atoms with Gasteiger partial charge in [-0.05, 0) is 37.8 Å². The Kier molecular flexibility index (Phi) is 4.24. The van der Waals surface area contributed by atoms with E-state index in [0.29, 0.717) is 6.42 Å². The molecule has 2 heterocycles. The molecule has 0 fully saturated rings. The van der Waals surface area contributed by atoms with Crippen molar-refractivity contribution in [2.75, 3.05) is 7.11 Å². The number of thiophene rings is 1. The number of allylic oxidation sites excluding steroid dienone is 2. The summed E-state index contributed by atoms with van der Waals surface area (Å²) in [5.41, 5.74) is 2.22. The summed E-state index contributed by atoms with van der Waals surface area (Å²) in [5, 5.41) is 0. The van der Waals surface area contributed by atoms with Crippen molar-refractivity contribution in [1.29, 1.82) is 0 Å². The minimum atomic E-state index is -0.517. The van der Waals surface area contributed by atoms with E-state index in [0.717, 1.165) is 28.3 Å². The van der Waals surface area contributed by atoms with Crippen LogP contribution in [0.5, 0.6) is 0 Å². The molecule has 1 aliphatic heterocycles. The second-order valence-corrected chi connectivity index (χ2v) is 8.80. The number of rotatable bonds is 2. The summed E-state index contributed by atoms with van der Waals surface area (Å²) >= 11 is 1.64. The van der Waals surface area contributed by atoms with Gasteiger partial charge in [0.25, 0.3) is 0 Å². The van der Waals surface area contributed by atoms with Crippen molar-refractivity contribution in [2.24, 2.45) is 16.3 Å². The van der Waals surface area contributed by atoms with E-state index in [1.165, 1.54) is 12.0 Å². The lowest BCUT2D eigenvalue weighted by Gasteiger charge is -2.38. The van der Waals surface area contributed by atoms with Crippen LogP contribution in [0.2, 0.25) is 0 Å². The number of ether oxygens (including phenoxy) is 1. The predicted octanol–water partition coefficient (Wildman–Crippen LogP) is 4.05. The number of nitrogens with zero attached hydrogens (tertiary/aromatic N) is 1. The molecule has 2 atom stereocenters. The fourth-order valence-electron chi connectivity index (χ4n) is 3.81. The zero-order chi connectivity index (χ0) is 17.6. The molecule has 0 aromatic carbocycles. The first-order valence-corrected chi connectivity index (χ1v) is 9.01. The second-order valence-electron chi connectivity index (χ2n) is 7.48. The van der Waals surface area contributed by atoms with Gasteiger partial charge < -0.3 is 4.74 Å². The number of methoxy groups -OCH3 is 1. The first kappa shape index (κ1) is 17.1. The van der Waals surface area contributed by atoms with Crippen LogP contribution >= 0.6 is 11.3 Å². The predicted molar refractivity (Wildman–Crippen MR) is 95.5 cm³/mol. The monoisotopic (exact) mass is 345 g/mol. The number of aryl methyl sites for hydroxylation is 1. The maximum absolute atomic E-state index is 12.9. The normalized spacial score (nSPS) is 26.0. The van der Waals surface area contributed by atoms with Gasteiger partial charge in [-0.15, -0.1) is 11.3 Å². The Morgan fingerprint density at radius 2 is 2.00 bits per heavy atom. The molecule has 0 bridgehead atoms. The molecule has 0 radical (unpaired) electrons. The lowest BCUT2D eigenvalue weighted by atomic mass is 9.68. The highest BCUT2D eigenvalue weighted by Gasteiger charge is 2.46. The Hall–Kier alpha value is -1.75. The summed E-state index contributed by atoms with van der Waals surface area (Å²) in [5.74, 6) is -0.997. The first-order chi connectivity index (χ1) is 11.2. The van der Waals surface area contributed by atoms with Gasteiger partial charge >= 0.3 is 5.97 Å². The van der Waals surface area contributed by atoms with Gasteiger partial charge in [-0.1, -0.05) is 13.8 Å². The Balaban J connectivity index is 2.18. The summed E-state index contributed by atoms with van der Waals surface area (Å²) in [4.78, 5) is 32.2. The lowest BCUT2D eigenvalue weighted by Crippen LogP contribution is -2.39. The summed E-state index contributed by atoms with van der Waals surface area (Å²) in [6.45, 7) is 8.09. The van der Waals surface area contributed by atoms with Crippen LogP contribution in [0.1, 0.15) is 49.3 Å². The third-order valence-electron chi connectivity index (χ3n) is 4.82. The number of ketones is 1. The molecule has 2 unspecified atom stereocenters. The van der Waals surface area contributed by atoms with Gasteiger partial charge in [-0.3, -0.25) is 14.6 Å². The van der Waals surface area contributed by atoms with Crippen LogP contribution < -0.4 is 0 Å². The Bertz CT molecular complexity index is 769. The van der Waals surface area contributed by atoms with E-state index >= 15 is 0 Å². The number of hydrogen-bond donors (Lipinski definition) is 0. The van der Waals surface area contributed by atoms with Gasteiger partial charge in [0.1, 0.15) is 5.92 Å². The van der Waals surface area contributed by atoms with E-state index in [1.807, 2.05) is 26.0 Å². The number of Topliss-reactive ketones (excluding diaryl/α,β-unsaturated/α-hetero) is 1. The third-order valence-corrected chi connectivity index (χ3v) is 5.91. The molecule has 1 aliphatic carbocycles. The molecular formula is C19H23NO3S. The van der Waals surface area contributed by atoms with Crippen LogP contribution in [0.4, 0.5) is 0 Å². The summed E-state index contributed by atoms with van der Waals surface area (Å²) in [6, 6.07) is 4.06. The maximum atomic E-state index is 12.9. The molecule has 5 heteroatoms. The molecule has 0 amide bonds. The van der Waals surface area contributed by atoms with E-state index in [4.69, 9.17) is 4.74 Å².